The molecule has 142 valence electrons. The zero-order valence-electron chi connectivity index (χ0n) is 15.2. The second-order valence-corrected chi connectivity index (χ2v) is 6.02. The van der Waals surface area contributed by atoms with Crippen molar-refractivity contribution in [1.82, 2.24) is 9.80 Å². The molecule has 1 aromatic carbocycles. The van der Waals surface area contributed by atoms with Gasteiger partial charge in [0.1, 0.15) is 5.75 Å². The molecule has 0 aliphatic carbocycles. The van der Waals surface area contributed by atoms with E-state index in [-0.39, 0.29) is 37.1 Å². The molecule has 26 heavy (non-hydrogen) atoms. The van der Waals surface area contributed by atoms with E-state index in [9.17, 15) is 14.4 Å². The Hall–Kier alpha value is -2.61. The predicted molar refractivity (Wildman–Crippen MR) is 95.9 cm³/mol. The Morgan fingerprint density at radius 3 is 2.42 bits per heavy atom. The molecule has 3 amide bonds. The van der Waals surface area contributed by atoms with Gasteiger partial charge in [0, 0.05) is 38.7 Å². The average molecular weight is 363 g/mol. The van der Waals surface area contributed by atoms with Crippen molar-refractivity contribution >= 4 is 23.4 Å². The van der Waals surface area contributed by atoms with E-state index in [1.165, 1.54) is 4.90 Å². The molecule has 1 aromatic rings. The molecule has 0 spiro atoms. The van der Waals surface area contributed by atoms with Crippen LogP contribution in [0.1, 0.15) is 12.8 Å². The molecule has 1 aliphatic rings. The number of benzene rings is 1. The molecule has 0 bridgehead atoms. The number of carbonyl (C=O) groups is 3. The van der Waals surface area contributed by atoms with Gasteiger partial charge < -0.3 is 24.6 Å². The Kier molecular flexibility index (Phi) is 7.40. The quantitative estimate of drug-likeness (QED) is 0.772. The van der Waals surface area contributed by atoms with E-state index in [0.717, 1.165) is 0 Å². The van der Waals surface area contributed by atoms with Gasteiger partial charge in [-0.3, -0.25) is 14.4 Å². The summed E-state index contributed by atoms with van der Waals surface area (Å²) in [5.41, 5.74) is 0.624. The number of methoxy groups -OCH3 is 1. The highest BCUT2D eigenvalue weighted by atomic mass is 16.5. The Balaban J connectivity index is 1.72. The number of amides is 3. The highest BCUT2D eigenvalue weighted by Gasteiger charge is 2.19. The van der Waals surface area contributed by atoms with Crippen LogP contribution in [0.2, 0.25) is 0 Å². The first kappa shape index (κ1) is 19.7. The number of carbonyl (C=O) groups excluding carboxylic acids is 3. The molecule has 1 fully saturated rings. The van der Waals surface area contributed by atoms with Crippen LogP contribution in [0.25, 0.3) is 0 Å². The van der Waals surface area contributed by atoms with E-state index >= 15 is 0 Å². The fourth-order valence-corrected chi connectivity index (χ4v) is 2.55. The van der Waals surface area contributed by atoms with Crippen molar-refractivity contribution in [2.45, 2.75) is 12.8 Å². The van der Waals surface area contributed by atoms with Crippen molar-refractivity contribution in [2.24, 2.45) is 0 Å². The number of nitrogens with zero attached hydrogens (tertiary/aromatic N) is 2. The van der Waals surface area contributed by atoms with E-state index in [1.54, 1.807) is 43.3 Å². The Morgan fingerprint density at radius 2 is 1.81 bits per heavy atom. The number of rotatable bonds is 7. The molecule has 1 saturated heterocycles. The molecule has 1 N–H and O–H groups in total. The molecule has 8 nitrogen and oxygen atoms in total. The van der Waals surface area contributed by atoms with Gasteiger partial charge >= 0.3 is 0 Å². The van der Waals surface area contributed by atoms with Gasteiger partial charge in [0.15, 0.2) is 0 Å². The minimum atomic E-state index is -0.300. The van der Waals surface area contributed by atoms with Crippen LogP contribution in [0.4, 0.5) is 5.69 Å². The van der Waals surface area contributed by atoms with E-state index in [2.05, 4.69) is 5.32 Å². The number of ether oxygens (including phenoxy) is 2. The average Bonchev–Trinajstić information content (AvgIpc) is 2.66. The predicted octanol–water partition coefficient (Wildman–Crippen LogP) is 0.731. The molecule has 1 heterocycles. The third kappa shape index (κ3) is 6.03. The normalized spacial score (nSPS) is 13.8. The summed E-state index contributed by atoms with van der Waals surface area (Å²) in [6.45, 7) is 2.12. The maximum absolute atomic E-state index is 12.1. The van der Waals surface area contributed by atoms with E-state index in [1.807, 2.05) is 0 Å². The molecule has 0 unspecified atom stereocenters. The van der Waals surface area contributed by atoms with Gasteiger partial charge in [-0.05, 0) is 24.3 Å². The van der Waals surface area contributed by atoms with Crippen LogP contribution >= 0.6 is 0 Å². The molecule has 1 aliphatic heterocycles. The molecule has 0 atom stereocenters. The first-order valence-electron chi connectivity index (χ1n) is 8.53. The molecule has 2 rings (SSSR count). The zero-order valence-corrected chi connectivity index (χ0v) is 15.2. The van der Waals surface area contributed by atoms with Gasteiger partial charge in [0.25, 0.3) is 0 Å². The van der Waals surface area contributed by atoms with E-state index < -0.39 is 0 Å². The van der Waals surface area contributed by atoms with Crippen molar-refractivity contribution < 1.29 is 23.9 Å². The topological polar surface area (TPSA) is 88.2 Å². The van der Waals surface area contributed by atoms with Gasteiger partial charge in [-0.2, -0.15) is 0 Å². The maximum atomic E-state index is 12.1. The summed E-state index contributed by atoms with van der Waals surface area (Å²) in [4.78, 5) is 39.3. The molecule has 8 heteroatoms. The van der Waals surface area contributed by atoms with Gasteiger partial charge in [0.2, 0.25) is 17.7 Å². The van der Waals surface area contributed by atoms with Gasteiger partial charge in [0.05, 0.1) is 26.9 Å². The number of hydrogen-bond acceptors (Lipinski definition) is 5. The lowest BCUT2D eigenvalue weighted by molar-refractivity contribution is -0.139. The minimum Gasteiger partial charge on any atom is -0.497 e. The van der Waals surface area contributed by atoms with Gasteiger partial charge in [-0.25, -0.2) is 0 Å². The summed E-state index contributed by atoms with van der Waals surface area (Å²) in [5.74, 6) is 0.0972. The second-order valence-electron chi connectivity index (χ2n) is 6.02. The first-order valence-corrected chi connectivity index (χ1v) is 8.53. The minimum absolute atomic E-state index is 0.0577. The molecular weight excluding hydrogens is 338 g/mol. The standard InChI is InChI=1S/C18H25N3O5/c1-20(13-16(22)19-14-3-5-15(25-2)6-4-14)17(23)7-8-18(24)21-9-11-26-12-10-21/h3-6H,7-13H2,1-2H3,(H,19,22). The molecule has 0 radical (unpaired) electrons. The summed E-state index contributed by atoms with van der Waals surface area (Å²) in [6, 6.07) is 6.92. The number of morpholine rings is 1. The summed E-state index contributed by atoms with van der Waals surface area (Å²) >= 11 is 0. The summed E-state index contributed by atoms with van der Waals surface area (Å²) in [7, 11) is 3.12. The fourth-order valence-electron chi connectivity index (χ4n) is 2.55. The lowest BCUT2D eigenvalue weighted by Crippen LogP contribution is -2.41. The summed E-state index contributed by atoms with van der Waals surface area (Å²) in [5, 5.41) is 2.72. The van der Waals surface area contributed by atoms with Crippen LogP contribution in [0.15, 0.2) is 24.3 Å². The van der Waals surface area contributed by atoms with Crippen molar-refractivity contribution in [3.8, 4) is 5.75 Å². The largest absolute Gasteiger partial charge is 0.497 e. The molecule has 0 saturated carbocycles. The Labute approximate surface area is 153 Å². The van der Waals surface area contributed by atoms with Crippen molar-refractivity contribution in [2.75, 3.05) is 52.3 Å². The second kappa shape index (κ2) is 9.76. The smallest absolute Gasteiger partial charge is 0.243 e. The lowest BCUT2D eigenvalue weighted by Gasteiger charge is -2.27. The Bertz CT molecular complexity index is 626. The molecule has 0 aromatic heterocycles. The third-order valence-electron chi connectivity index (χ3n) is 4.10. The van der Waals surface area contributed by atoms with Crippen LogP contribution < -0.4 is 10.1 Å². The van der Waals surface area contributed by atoms with Crippen LogP contribution in [0.3, 0.4) is 0 Å². The third-order valence-corrected chi connectivity index (χ3v) is 4.10. The number of nitrogens with one attached hydrogen (secondary N) is 1. The van der Waals surface area contributed by atoms with Crippen molar-refractivity contribution in [3.63, 3.8) is 0 Å². The number of likely N-dealkylation sites (N-methyl/N-ethyl adjacent to an activating group) is 1. The maximum Gasteiger partial charge on any atom is 0.243 e. The van der Waals surface area contributed by atoms with Gasteiger partial charge in [-0.15, -0.1) is 0 Å². The van der Waals surface area contributed by atoms with Crippen LogP contribution in [0, 0.1) is 0 Å². The SMILES string of the molecule is COc1ccc(NC(=O)CN(C)C(=O)CCC(=O)N2CCOCC2)cc1. The van der Waals surface area contributed by atoms with Gasteiger partial charge in [-0.1, -0.05) is 0 Å². The van der Waals surface area contributed by atoms with E-state index in [0.29, 0.717) is 37.7 Å². The Morgan fingerprint density at radius 1 is 1.15 bits per heavy atom. The van der Waals surface area contributed by atoms with Crippen molar-refractivity contribution in [1.29, 1.82) is 0 Å². The van der Waals surface area contributed by atoms with Crippen LogP contribution in [-0.2, 0) is 19.1 Å². The van der Waals surface area contributed by atoms with E-state index in [4.69, 9.17) is 9.47 Å². The molecular formula is C18H25N3O5. The van der Waals surface area contributed by atoms with Crippen LogP contribution in [-0.4, -0.2) is 74.5 Å². The lowest BCUT2D eigenvalue weighted by atomic mass is 10.2. The summed E-state index contributed by atoms with van der Waals surface area (Å²) in [6.07, 6.45) is 0.228. The summed E-state index contributed by atoms with van der Waals surface area (Å²) < 4.78 is 10.3. The van der Waals surface area contributed by atoms with Crippen molar-refractivity contribution in [3.05, 3.63) is 24.3 Å². The highest BCUT2D eigenvalue weighted by Crippen LogP contribution is 2.15. The number of anilines is 1. The fraction of sp³-hybridized carbons (Fsp3) is 0.500. The number of hydrogen-bond donors (Lipinski definition) is 1. The van der Waals surface area contributed by atoms with Crippen LogP contribution in [0.5, 0.6) is 5.75 Å². The monoisotopic (exact) mass is 363 g/mol. The highest BCUT2D eigenvalue weighted by molar-refractivity contribution is 5.94. The first-order chi connectivity index (χ1) is 12.5. The zero-order chi connectivity index (χ0) is 18.9.